The maximum absolute atomic E-state index is 12.5. The van der Waals surface area contributed by atoms with E-state index in [0.717, 1.165) is 12.1 Å². The maximum Gasteiger partial charge on any atom is 0.416 e. The Morgan fingerprint density at radius 1 is 1.37 bits per heavy atom. The molecule has 0 saturated heterocycles. The standard InChI is InChI=1S/C11H10ClF3N4/c1-2-8-10(16)17-18-19(8)9-4-3-6(5-7(9)12)11(13,14)15/h3-5H,2,16H2,1H3. The molecule has 0 atom stereocenters. The number of rotatable bonds is 2. The Balaban J connectivity index is 2.52. The highest BCUT2D eigenvalue weighted by Gasteiger charge is 2.31. The predicted molar refractivity (Wildman–Crippen MR) is 65.2 cm³/mol. The van der Waals surface area contributed by atoms with Gasteiger partial charge in [-0.3, -0.25) is 0 Å². The number of benzene rings is 1. The molecule has 19 heavy (non-hydrogen) atoms. The zero-order valence-electron chi connectivity index (χ0n) is 9.87. The molecule has 0 bridgehead atoms. The van der Waals surface area contributed by atoms with Crippen molar-refractivity contribution in [1.29, 1.82) is 0 Å². The fourth-order valence-corrected chi connectivity index (χ4v) is 1.95. The van der Waals surface area contributed by atoms with Crippen LogP contribution in [0.5, 0.6) is 0 Å². The molecule has 0 aliphatic heterocycles. The molecule has 8 heteroatoms. The van der Waals surface area contributed by atoms with Gasteiger partial charge in [-0.05, 0) is 24.6 Å². The number of alkyl halides is 3. The molecule has 2 aromatic rings. The molecule has 1 aromatic heterocycles. The van der Waals surface area contributed by atoms with Crippen LogP contribution in [-0.4, -0.2) is 15.0 Å². The van der Waals surface area contributed by atoms with Gasteiger partial charge in [0, 0.05) is 0 Å². The van der Waals surface area contributed by atoms with Crippen molar-refractivity contribution in [1.82, 2.24) is 15.0 Å². The molecule has 0 radical (unpaired) electrons. The Morgan fingerprint density at radius 3 is 2.58 bits per heavy atom. The van der Waals surface area contributed by atoms with Crippen molar-refractivity contribution in [2.24, 2.45) is 0 Å². The van der Waals surface area contributed by atoms with E-state index in [1.165, 1.54) is 10.7 Å². The number of nitrogens with two attached hydrogens (primary N) is 1. The zero-order chi connectivity index (χ0) is 14.2. The van der Waals surface area contributed by atoms with Gasteiger partial charge in [0.05, 0.1) is 22.0 Å². The Labute approximate surface area is 112 Å². The van der Waals surface area contributed by atoms with Gasteiger partial charge in [-0.1, -0.05) is 23.7 Å². The number of nitrogen functional groups attached to an aromatic ring is 1. The first kappa shape index (κ1) is 13.7. The van der Waals surface area contributed by atoms with Crippen molar-refractivity contribution in [2.75, 3.05) is 5.73 Å². The number of hydrogen-bond donors (Lipinski definition) is 1. The van der Waals surface area contributed by atoms with E-state index in [4.69, 9.17) is 17.3 Å². The van der Waals surface area contributed by atoms with Gasteiger partial charge in [0.25, 0.3) is 0 Å². The Kier molecular flexibility index (Phi) is 3.40. The second kappa shape index (κ2) is 4.73. The highest BCUT2D eigenvalue weighted by atomic mass is 35.5. The van der Waals surface area contributed by atoms with Crippen LogP contribution in [0, 0.1) is 0 Å². The minimum Gasteiger partial charge on any atom is -0.381 e. The van der Waals surface area contributed by atoms with Crippen LogP contribution >= 0.6 is 11.6 Å². The summed E-state index contributed by atoms with van der Waals surface area (Å²) in [6.45, 7) is 1.84. The molecule has 0 spiro atoms. The Hall–Kier alpha value is -1.76. The Morgan fingerprint density at radius 2 is 2.05 bits per heavy atom. The Bertz CT molecular complexity index is 606. The third-order valence-electron chi connectivity index (χ3n) is 2.63. The van der Waals surface area contributed by atoms with E-state index in [1.54, 1.807) is 0 Å². The molecule has 4 nitrogen and oxygen atoms in total. The summed E-state index contributed by atoms with van der Waals surface area (Å²) >= 11 is 5.88. The summed E-state index contributed by atoms with van der Waals surface area (Å²) in [4.78, 5) is 0. The van der Waals surface area contributed by atoms with E-state index >= 15 is 0 Å². The first-order valence-corrected chi connectivity index (χ1v) is 5.79. The molecule has 0 saturated carbocycles. The van der Waals surface area contributed by atoms with Crippen molar-refractivity contribution < 1.29 is 13.2 Å². The van der Waals surface area contributed by atoms with Gasteiger partial charge < -0.3 is 5.73 Å². The average molecular weight is 291 g/mol. The first-order chi connectivity index (χ1) is 8.84. The van der Waals surface area contributed by atoms with Gasteiger partial charge in [0.2, 0.25) is 0 Å². The van der Waals surface area contributed by atoms with Gasteiger partial charge in [-0.15, -0.1) is 5.10 Å². The van der Waals surface area contributed by atoms with Crippen LogP contribution in [0.1, 0.15) is 18.2 Å². The van der Waals surface area contributed by atoms with E-state index in [2.05, 4.69) is 10.3 Å². The minimum absolute atomic E-state index is 0.0607. The number of nitrogens with zero attached hydrogens (tertiary/aromatic N) is 3. The highest BCUT2D eigenvalue weighted by Crippen LogP contribution is 2.33. The van der Waals surface area contributed by atoms with E-state index < -0.39 is 11.7 Å². The molecule has 1 aromatic carbocycles. The zero-order valence-corrected chi connectivity index (χ0v) is 10.6. The van der Waals surface area contributed by atoms with Crippen LogP contribution in [0.3, 0.4) is 0 Å². The number of halogens is 4. The minimum atomic E-state index is -4.43. The summed E-state index contributed by atoms with van der Waals surface area (Å²) in [7, 11) is 0. The lowest BCUT2D eigenvalue weighted by atomic mass is 10.2. The van der Waals surface area contributed by atoms with Crippen LogP contribution in [0.2, 0.25) is 5.02 Å². The number of hydrogen-bond acceptors (Lipinski definition) is 3. The van der Waals surface area contributed by atoms with Crippen molar-refractivity contribution in [3.63, 3.8) is 0 Å². The molecular weight excluding hydrogens is 281 g/mol. The smallest absolute Gasteiger partial charge is 0.381 e. The molecule has 2 rings (SSSR count). The lowest BCUT2D eigenvalue weighted by Crippen LogP contribution is -2.07. The quantitative estimate of drug-likeness (QED) is 0.924. The van der Waals surface area contributed by atoms with Crippen LogP contribution < -0.4 is 5.73 Å². The summed E-state index contributed by atoms with van der Waals surface area (Å²) < 4.78 is 39.0. The summed E-state index contributed by atoms with van der Waals surface area (Å²) in [5.41, 5.74) is 5.72. The highest BCUT2D eigenvalue weighted by molar-refractivity contribution is 6.32. The normalized spacial score (nSPS) is 11.8. The molecule has 0 unspecified atom stereocenters. The van der Waals surface area contributed by atoms with Crippen molar-refractivity contribution in [3.05, 3.63) is 34.5 Å². The topological polar surface area (TPSA) is 56.7 Å². The van der Waals surface area contributed by atoms with Crippen LogP contribution in [0.25, 0.3) is 5.69 Å². The monoisotopic (exact) mass is 290 g/mol. The van der Waals surface area contributed by atoms with Gasteiger partial charge in [0.15, 0.2) is 5.82 Å². The molecule has 0 aliphatic rings. The van der Waals surface area contributed by atoms with Gasteiger partial charge in [0.1, 0.15) is 0 Å². The van der Waals surface area contributed by atoms with E-state index in [0.29, 0.717) is 17.8 Å². The SMILES string of the molecule is CCc1c(N)nnn1-c1ccc(C(F)(F)F)cc1Cl. The summed E-state index contributed by atoms with van der Waals surface area (Å²) in [5, 5.41) is 7.41. The van der Waals surface area contributed by atoms with Gasteiger partial charge in [-0.25, -0.2) is 4.68 Å². The van der Waals surface area contributed by atoms with E-state index in [-0.39, 0.29) is 10.8 Å². The summed E-state index contributed by atoms with van der Waals surface area (Å²) in [6, 6.07) is 3.05. The third kappa shape index (κ3) is 2.51. The maximum atomic E-state index is 12.5. The molecule has 0 amide bonds. The second-order valence-electron chi connectivity index (χ2n) is 3.85. The lowest BCUT2D eigenvalue weighted by Gasteiger charge is -2.11. The largest absolute Gasteiger partial charge is 0.416 e. The molecule has 2 N–H and O–H groups in total. The predicted octanol–water partition coefficient (Wildman–Crippen LogP) is 3.08. The second-order valence-corrected chi connectivity index (χ2v) is 4.26. The fourth-order valence-electron chi connectivity index (χ4n) is 1.69. The molecular formula is C11H10ClF3N4. The van der Waals surface area contributed by atoms with Crippen molar-refractivity contribution in [2.45, 2.75) is 19.5 Å². The molecule has 102 valence electrons. The van der Waals surface area contributed by atoms with Crippen LogP contribution in [-0.2, 0) is 12.6 Å². The third-order valence-corrected chi connectivity index (χ3v) is 2.93. The van der Waals surface area contributed by atoms with Gasteiger partial charge >= 0.3 is 6.18 Å². The van der Waals surface area contributed by atoms with E-state index in [1.807, 2.05) is 6.92 Å². The molecule has 0 aliphatic carbocycles. The number of anilines is 1. The average Bonchev–Trinajstić information content (AvgIpc) is 2.69. The summed E-state index contributed by atoms with van der Waals surface area (Å²) in [5.74, 6) is 0.235. The lowest BCUT2D eigenvalue weighted by molar-refractivity contribution is -0.137. The number of aromatic nitrogens is 3. The summed E-state index contributed by atoms with van der Waals surface area (Å²) in [6.07, 6.45) is -3.90. The van der Waals surface area contributed by atoms with E-state index in [9.17, 15) is 13.2 Å². The van der Waals surface area contributed by atoms with Crippen LogP contribution in [0.4, 0.5) is 19.0 Å². The van der Waals surface area contributed by atoms with Crippen molar-refractivity contribution >= 4 is 17.4 Å². The van der Waals surface area contributed by atoms with Gasteiger partial charge in [-0.2, -0.15) is 13.2 Å². The fraction of sp³-hybridized carbons (Fsp3) is 0.273. The van der Waals surface area contributed by atoms with Crippen LogP contribution in [0.15, 0.2) is 18.2 Å². The first-order valence-electron chi connectivity index (χ1n) is 5.41. The molecule has 1 heterocycles. The molecule has 0 fully saturated rings. The van der Waals surface area contributed by atoms with Crippen molar-refractivity contribution in [3.8, 4) is 5.69 Å².